The first-order valence-corrected chi connectivity index (χ1v) is 14.6. The minimum absolute atomic E-state index is 0.299. The molecule has 3 aromatic rings. The maximum atomic E-state index is 13.0. The van der Waals surface area contributed by atoms with E-state index in [9.17, 15) is 4.79 Å². The van der Waals surface area contributed by atoms with Crippen molar-refractivity contribution >= 4 is 23.3 Å². The molecule has 0 aliphatic carbocycles. The molecule has 1 aliphatic rings. The molecule has 5 nitrogen and oxygen atoms in total. The van der Waals surface area contributed by atoms with E-state index in [0.717, 1.165) is 85.3 Å². The molecule has 6 heteroatoms. The standard InChI is InChI=1S/C32H41ClN4O/c1-3-4-5-6-7-11-15-30(38)36-20-12-21-37(23-22-36)32-29(24-26-16-18-28(33)19-17-26)25(2)34-31(35-32)27-13-9-8-10-14-27/h8-10,13-14,16-19H,3-7,11-12,15,20-24H2,1-2H3. The number of aromatic nitrogens is 2. The summed E-state index contributed by atoms with van der Waals surface area (Å²) in [5.41, 5.74) is 4.32. The molecule has 0 atom stereocenters. The van der Waals surface area contributed by atoms with Gasteiger partial charge in [0.25, 0.3) is 0 Å². The molecule has 2 aromatic carbocycles. The van der Waals surface area contributed by atoms with Crippen LogP contribution in [0.25, 0.3) is 11.4 Å². The summed E-state index contributed by atoms with van der Waals surface area (Å²) in [5.74, 6) is 2.03. The molecule has 1 aliphatic heterocycles. The number of benzene rings is 2. The molecular formula is C32H41ClN4O. The SMILES string of the molecule is CCCCCCCCC(=O)N1CCCN(c2nc(-c3ccccc3)nc(C)c2Cc2ccc(Cl)cc2)CC1. The molecule has 1 saturated heterocycles. The van der Waals surface area contributed by atoms with E-state index in [2.05, 4.69) is 47.9 Å². The van der Waals surface area contributed by atoms with Crippen LogP contribution in [0, 0.1) is 6.92 Å². The highest BCUT2D eigenvalue weighted by atomic mass is 35.5. The Morgan fingerprint density at radius 2 is 1.61 bits per heavy atom. The van der Waals surface area contributed by atoms with Crippen molar-refractivity contribution in [1.82, 2.24) is 14.9 Å². The van der Waals surface area contributed by atoms with E-state index in [1.54, 1.807) is 0 Å². The average molecular weight is 533 g/mol. The van der Waals surface area contributed by atoms with Crippen molar-refractivity contribution < 1.29 is 4.79 Å². The molecule has 0 unspecified atom stereocenters. The van der Waals surface area contributed by atoms with Gasteiger partial charge in [-0.25, -0.2) is 9.97 Å². The van der Waals surface area contributed by atoms with Crippen LogP contribution in [0.5, 0.6) is 0 Å². The number of halogens is 1. The van der Waals surface area contributed by atoms with Crippen LogP contribution in [0.15, 0.2) is 54.6 Å². The number of rotatable bonds is 11. The summed E-state index contributed by atoms with van der Waals surface area (Å²) >= 11 is 6.14. The lowest BCUT2D eigenvalue weighted by atomic mass is 10.0. The average Bonchev–Trinajstić information content (AvgIpc) is 3.19. The summed E-state index contributed by atoms with van der Waals surface area (Å²) in [5, 5.41) is 0.736. The number of anilines is 1. The number of carbonyl (C=O) groups excluding carboxylic acids is 1. The fraction of sp³-hybridized carbons (Fsp3) is 0.469. The van der Waals surface area contributed by atoms with Crippen molar-refractivity contribution in [1.29, 1.82) is 0 Å². The van der Waals surface area contributed by atoms with Crippen LogP contribution in [-0.2, 0) is 11.2 Å². The van der Waals surface area contributed by atoms with Gasteiger partial charge in [0.15, 0.2) is 5.82 Å². The molecular weight excluding hydrogens is 492 g/mol. The lowest BCUT2D eigenvalue weighted by molar-refractivity contribution is -0.131. The topological polar surface area (TPSA) is 49.3 Å². The first-order valence-electron chi connectivity index (χ1n) is 14.2. The van der Waals surface area contributed by atoms with Crippen LogP contribution in [-0.4, -0.2) is 47.0 Å². The minimum atomic E-state index is 0.299. The van der Waals surface area contributed by atoms with Gasteiger partial charge in [-0.1, -0.05) is 93.1 Å². The molecule has 1 aromatic heterocycles. The second-order valence-corrected chi connectivity index (χ2v) is 10.8. The van der Waals surface area contributed by atoms with Crippen LogP contribution >= 0.6 is 11.6 Å². The summed E-state index contributed by atoms with van der Waals surface area (Å²) in [6.07, 6.45) is 9.57. The normalized spacial score (nSPS) is 14.0. The van der Waals surface area contributed by atoms with Gasteiger partial charge in [0.2, 0.25) is 5.91 Å². The molecule has 1 amide bonds. The second kappa shape index (κ2) is 14.3. The Balaban J connectivity index is 1.51. The molecule has 2 heterocycles. The lowest BCUT2D eigenvalue weighted by Crippen LogP contribution is -2.35. The van der Waals surface area contributed by atoms with Gasteiger partial charge < -0.3 is 9.80 Å². The predicted octanol–water partition coefficient (Wildman–Crippen LogP) is 7.49. The third-order valence-electron chi connectivity index (χ3n) is 7.41. The van der Waals surface area contributed by atoms with Crippen molar-refractivity contribution in [2.75, 3.05) is 31.1 Å². The van der Waals surface area contributed by atoms with Gasteiger partial charge >= 0.3 is 0 Å². The van der Waals surface area contributed by atoms with Crippen LogP contribution in [0.4, 0.5) is 5.82 Å². The molecule has 4 rings (SSSR count). The predicted molar refractivity (Wildman–Crippen MR) is 158 cm³/mol. The van der Waals surface area contributed by atoms with Crippen molar-refractivity contribution in [3.8, 4) is 11.4 Å². The summed E-state index contributed by atoms with van der Waals surface area (Å²) in [6.45, 7) is 7.51. The van der Waals surface area contributed by atoms with Gasteiger partial charge in [-0.2, -0.15) is 0 Å². The van der Waals surface area contributed by atoms with Gasteiger partial charge in [-0.15, -0.1) is 0 Å². The zero-order valence-corrected chi connectivity index (χ0v) is 23.7. The largest absolute Gasteiger partial charge is 0.354 e. The quantitative estimate of drug-likeness (QED) is 0.240. The smallest absolute Gasteiger partial charge is 0.222 e. The Labute approximate surface area is 233 Å². The van der Waals surface area contributed by atoms with Gasteiger partial charge in [0, 0.05) is 60.9 Å². The zero-order chi connectivity index (χ0) is 26.7. The molecule has 202 valence electrons. The molecule has 38 heavy (non-hydrogen) atoms. The zero-order valence-electron chi connectivity index (χ0n) is 23.0. The number of carbonyl (C=O) groups is 1. The van der Waals surface area contributed by atoms with E-state index in [4.69, 9.17) is 21.6 Å². The van der Waals surface area contributed by atoms with Gasteiger partial charge in [0.1, 0.15) is 5.82 Å². The van der Waals surface area contributed by atoms with Crippen molar-refractivity contribution in [2.24, 2.45) is 0 Å². The maximum absolute atomic E-state index is 13.0. The molecule has 0 spiro atoms. The monoisotopic (exact) mass is 532 g/mol. The van der Waals surface area contributed by atoms with Crippen LogP contribution in [0.3, 0.4) is 0 Å². The van der Waals surface area contributed by atoms with Crippen molar-refractivity contribution in [3.63, 3.8) is 0 Å². The highest BCUT2D eigenvalue weighted by molar-refractivity contribution is 6.30. The number of unbranched alkanes of at least 4 members (excludes halogenated alkanes) is 5. The van der Waals surface area contributed by atoms with Gasteiger partial charge in [-0.3, -0.25) is 4.79 Å². The Hall–Kier alpha value is -2.92. The number of hydrogen-bond acceptors (Lipinski definition) is 4. The van der Waals surface area contributed by atoms with E-state index >= 15 is 0 Å². The molecule has 0 N–H and O–H groups in total. The second-order valence-electron chi connectivity index (χ2n) is 10.3. The number of aryl methyl sites for hydroxylation is 1. The fourth-order valence-corrected chi connectivity index (χ4v) is 5.29. The van der Waals surface area contributed by atoms with Gasteiger partial charge in [-0.05, 0) is 37.5 Å². The van der Waals surface area contributed by atoms with E-state index in [1.165, 1.54) is 31.2 Å². The van der Waals surface area contributed by atoms with Gasteiger partial charge in [0.05, 0.1) is 0 Å². The van der Waals surface area contributed by atoms with E-state index in [-0.39, 0.29) is 0 Å². The first kappa shape index (κ1) is 28.1. The number of nitrogens with zero attached hydrogens (tertiary/aromatic N) is 4. The molecule has 1 fully saturated rings. The summed E-state index contributed by atoms with van der Waals surface area (Å²) in [7, 11) is 0. The number of hydrogen-bond donors (Lipinski definition) is 0. The third-order valence-corrected chi connectivity index (χ3v) is 7.66. The van der Waals surface area contributed by atoms with E-state index < -0.39 is 0 Å². The summed E-state index contributed by atoms with van der Waals surface area (Å²) < 4.78 is 0. The van der Waals surface area contributed by atoms with Crippen molar-refractivity contribution in [3.05, 3.63) is 76.4 Å². The summed E-state index contributed by atoms with van der Waals surface area (Å²) in [6, 6.07) is 18.2. The number of amides is 1. The van der Waals surface area contributed by atoms with Crippen LogP contribution in [0.2, 0.25) is 5.02 Å². The Morgan fingerprint density at radius 3 is 2.37 bits per heavy atom. The highest BCUT2D eigenvalue weighted by Crippen LogP contribution is 2.29. The maximum Gasteiger partial charge on any atom is 0.222 e. The highest BCUT2D eigenvalue weighted by Gasteiger charge is 2.23. The fourth-order valence-electron chi connectivity index (χ4n) is 5.17. The van der Waals surface area contributed by atoms with E-state index in [1.807, 2.05) is 30.3 Å². The Kier molecular flexibility index (Phi) is 10.6. The molecule has 0 saturated carbocycles. The van der Waals surface area contributed by atoms with Crippen LogP contribution in [0.1, 0.15) is 75.1 Å². The van der Waals surface area contributed by atoms with E-state index in [0.29, 0.717) is 12.3 Å². The van der Waals surface area contributed by atoms with Crippen molar-refractivity contribution in [2.45, 2.75) is 71.6 Å². The molecule has 0 bridgehead atoms. The Bertz CT molecular complexity index is 1170. The summed E-state index contributed by atoms with van der Waals surface area (Å²) in [4.78, 5) is 27.4. The Morgan fingerprint density at radius 1 is 0.868 bits per heavy atom. The lowest BCUT2D eigenvalue weighted by Gasteiger charge is -2.26. The minimum Gasteiger partial charge on any atom is -0.354 e. The molecule has 0 radical (unpaired) electrons. The first-order chi connectivity index (χ1) is 18.5. The third kappa shape index (κ3) is 7.80. The van der Waals surface area contributed by atoms with Crippen LogP contribution < -0.4 is 4.90 Å².